The minimum absolute atomic E-state index is 0.0557. The summed E-state index contributed by atoms with van der Waals surface area (Å²) in [4.78, 5) is 4.64. The highest BCUT2D eigenvalue weighted by molar-refractivity contribution is 5.77. The van der Waals surface area contributed by atoms with Crippen LogP contribution >= 0.6 is 0 Å². The van der Waals surface area contributed by atoms with Crippen molar-refractivity contribution in [3.63, 3.8) is 0 Å². The fourth-order valence-corrected chi connectivity index (χ4v) is 2.11. The van der Waals surface area contributed by atoms with E-state index in [4.69, 9.17) is 4.74 Å². The highest BCUT2D eigenvalue weighted by Gasteiger charge is 2.27. The molecule has 0 radical (unpaired) electrons. The van der Waals surface area contributed by atoms with Crippen LogP contribution in [-0.4, -0.2) is 17.5 Å². The predicted molar refractivity (Wildman–Crippen MR) is 70.0 cm³/mol. The van der Waals surface area contributed by atoms with E-state index in [0.29, 0.717) is 6.10 Å². The Morgan fingerprint density at radius 3 is 2.69 bits per heavy atom. The maximum absolute atomic E-state index is 5.74. The lowest BCUT2D eigenvalue weighted by Gasteiger charge is -2.31. The van der Waals surface area contributed by atoms with E-state index >= 15 is 0 Å². The monoisotopic (exact) mass is 223 g/mol. The average molecular weight is 223 g/mol. The maximum Gasteiger partial charge on any atom is 0.184 e. The van der Waals surface area contributed by atoms with Gasteiger partial charge in [-0.2, -0.15) is 0 Å². The van der Waals surface area contributed by atoms with E-state index in [9.17, 15) is 0 Å². The van der Waals surface area contributed by atoms with E-state index in [2.05, 4.69) is 44.8 Å². The summed E-state index contributed by atoms with van der Waals surface area (Å²) in [5.74, 6) is 0.935. The average Bonchev–Trinajstić information content (AvgIpc) is 2.14. The minimum Gasteiger partial charge on any atom is -0.478 e. The molecule has 1 aliphatic heterocycles. The first-order valence-electron chi connectivity index (χ1n) is 6.44. The minimum atomic E-state index is 0.0557. The lowest BCUT2D eigenvalue weighted by atomic mass is 9.97. The summed E-state index contributed by atoms with van der Waals surface area (Å²) in [5, 5.41) is 0. The van der Waals surface area contributed by atoms with Crippen molar-refractivity contribution < 1.29 is 4.74 Å². The van der Waals surface area contributed by atoms with Crippen LogP contribution in [-0.2, 0) is 4.74 Å². The van der Waals surface area contributed by atoms with Crippen LogP contribution in [0, 0.1) is 0 Å². The summed E-state index contributed by atoms with van der Waals surface area (Å²) in [6.07, 6.45) is 10.2. The summed E-state index contributed by atoms with van der Waals surface area (Å²) in [6, 6.07) is 0. The second-order valence-electron chi connectivity index (χ2n) is 5.25. The maximum atomic E-state index is 5.74. The zero-order valence-electron chi connectivity index (χ0n) is 11.1. The highest BCUT2D eigenvalue weighted by atomic mass is 16.5. The number of allylic oxidation sites excluding steroid dienone is 2. The van der Waals surface area contributed by atoms with Gasteiger partial charge < -0.3 is 4.74 Å². The van der Waals surface area contributed by atoms with Crippen LogP contribution in [0.15, 0.2) is 17.1 Å². The van der Waals surface area contributed by atoms with Gasteiger partial charge in [-0.25, -0.2) is 4.99 Å². The van der Waals surface area contributed by atoms with Gasteiger partial charge in [0.2, 0.25) is 0 Å². The predicted octanol–water partition coefficient (Wildman–Crippen LogP) is 4.11. The van der Waals surface area contributed by atoms with E-state index in [1.807, 2.05) is 0 Å². The van der Waals surface area contributed by atoms with Crippen molar-refractivity contribution in [3.05, 3.63) is 12.2 Å². The number of unbranched alkanes of at least 4 members (excludes halogenated alkanes) is 1. The molecule has 0 saturated carbocycles. The SMILES string of the molecule is CCC/C=C\CCC1=NC(C)(C)CC(C)O1. The molecule has 2 nitrogen and oxygen atoms in total. The zero-order chi connectivity index (χ0) is 12.0. The van der Waals surface area contributed by atoms with Gasteiger partial charge in [0.25, 0.3) is 0 Å². The zero-order valence-corrected chi connectivity index (χ0v) is 11.1. The smallest absolute Gasteiger partial charge is 0.184 e. The normalized spacial score (nSPS) is 24.2. The molecule has 2 heteroatoms. The standard InChI is InChI=1S/C14H25NO/c1-5-6-7-8-9-10-13-15-14(3,4)11-12(2)16-13/h7-8,12H,5-6,9-11H2,1-4H3/b8-7-. The Morgan fingerprint density at radius 2 is 2.06 bits per heavy atom. The number of hydrogen-bond donors (Lipinski definition) is 0. The largest absolute Gasteiger partial charge is 0.478 e. The molecule has 0 aromatic rings. The summed E-state index contributed by atoms with van der Waals surface area (Å²) >= 11 is 0. The third-order valence-electron chi connectivity index (χ3n) is 2.70. The van der Waals surface area contributed by atoms with Gasteiger partial charge in [0, 0.05) is 12.8 Å². The molecule has 0 fully saturated rings. The van der Waals surface area contributed by atoms with Gasteiger partial charge in [0.1, 0.15) is 0 Å². The van der Waals surface area contributed by atoms with Gasteiger partial charge in [-0.15, -0.1) is 0 Å². The van der Waals surface area contributed by atoms with Gasteiger partial charge in [-0.1, -0.05) is 25.5 Å². The Hall–Kier alpha value is -0.790. The summed E-state index contributed by atoms with van der Waals surface area (Å²) in [7, 11) is 0. The first-order chi connectivity index (χ1) is 7.53. The molecule has 0 aromatic carbocycles. The summed E-state index contributed by atoms with van der Waals surface area (Å²) in [5.41, 5.74) is 0.0557. The molecule has 0 amide bonds. The molecular formula is C14H25NO. The molecule has 1 atom stereocenters. The molecule has 0 spiro atoms. The molecular weight excluding hydrogens is 198 g/mol. The van der Waals surface area contributed by atoms with Gasteiger partial charge >= 0.3 is 0 Å². The molecule has 0 saturated heterocycles. The van der Waals surface area contributed by atoms with E-state index in [1.165, 1.54) is 12.8 Å². The quantitative estimate of drug-likeness (QED) is 0.643. The van der Waals surface area contributed by atoms with Crippen molar-refractivity contribution >= 4 is 5.90 Å². The van der Waals surface area contributed by atoms with E-state index in [-0.39, 0.29) is 5.54 Å². The van der Waals surface area contributed by atoms with Crippen molar-refractivity contribution in [1.29, 1.82) is 0 Å². The van der Waals surface area contributed by atoms with E-state index in [1.54, 1.807) is 0 Å². The second-order valence-corrected chi connectivity index (χ2v) is 5.25. The lowest BCUT2D eigenvalue weighted by Crippen LogP contribution is -2.33. The second kappa shape index (κ2) is 6.07. The van der Waals surface area contributed by atoms with Gasteiger partial charge in [-0.3, -0.25) is 0 Å². The fourth-order valence-electron chi connectivity index (χ4n) is 2.11. The number of rotatable bonds is 5. The first kappa shape index (κ1) is 13.3. The Morgan fingerprint density at radius 1 is 1.38 bits per heavy atom. The van der Waals surface area contributed by atoms with Crippen LogP contribution in [0.1, 0.15) is 59.8 Å². The summed E-state index contributed by atoms with van der Waals surface area (Å²) < 4.78 is 5.74. The van der Waals surface area contributed by atoms with Gasteiger partial charge in [0.15, 0.2) is 5.90 Å². The number of aliphatic imine (C=N–C) groups is 1. The number of ether oxygens (including phenoxy) is 1. The Bertz CT molecular complexity index is 266. The molecule has 92 valence electrons. The van der Waals surface area contributed by atoms with Crippen molar-refractivity contribution in [2.24, 2.45) is 4.99 Å². The number of nitrogens with zero attached hydrogens (tertiary/aromatic N) is 1. The van der Waals surface area contributed by atoms with E-state index < -0.39 is 0 Å². The van der Waals surface area contributed by atoms with Crippen molar-refractivity contribution in [3.8, 4) is 0 Å². The van der Waals surface area contributed by atoms with Crippen LogP contribution in [0.5, 0.6) is 0 Å². The molecule has 0 aromatic heterocycles. The van der Waals surface area contributed by atoms with Gasteiger partial charge in [-0.05, 0) is 33.6 Å². The van der Waals surface area contributed by atoms with E-state index in [0.717, 1.165) is 25.2 Å². The first-order valence-corrected chi connectivity index (χ1v) is 6.44. The summed E-state index contributed by atoms with van der Waals surface area (Å²) in [6.45, 7) is 8.68. The third kappa shape index (κ3) is 4.82. The van der Waals surface area contributed by atoms with Crippen LogP contribution in [0.3, 0.4) is 0 Å². The molecule has 1 heterocycles. The van der Waals surface area contributed by atoms with Crippen molar-refractivity contribution in [1.82, 2.24) is 0 Å². The Kier molecular flexibility index (Phi) is 5.04. The fraction of sp³-hybridized carbons (Fsp3) is 0.786. The van der Waals surface area contributed by atoms with Crippen LogP contribution < -0.4 is 0 Å². The Balaban J connectivity index is 2.39. The van der Waals surface area contributed by atoms with Crippen LogP contribution in [0.4, 0.5) is 0 Å². The highest BCUT2D eigenvalue weighted by Crippen LogP contribution is 2.24. The van der Waals surface area contributed by atoms with Crippen LogP contribution in [0.2, 0.25) is 0 Å². The lowest BCUT2D eigenvalue weighted by molar-refractivity contribution is 0.139. The molecule has 16 heavy (non-hydrogen) atoms. The topological polar surface area (TPSA) is 21.6 Å². The molecule has 0 aliphatic carbocycles. The van der Waals surface area contributed by atoms with Crippen molar-refractivity contribution in [2.45, 2.75) is 71.4 Å². The van der Waals surface area contributed by atoms with Crippen LogP contribution in [0.25, 0.3) is 0 Å². The van der Waals surface area contributed by atoms with Crippen molar-refractivity contribution in [2.75, 3.05) is 0 Å². The third-order valence-corrected chi connectivity index (χ3v) is 2.70. The molecule has 1 aliphatic rings. The molecule has 1 unspecified atom stereocenters. The molecule has 0 bridgehead atoms. The Labute approximate surface area is 99.8 Å². The van der Waals surface area contributed by atoms with Gasteiger partial charge in [0.05, 0.1) is 11.6 Å². The molecule has 1 rings (SSSR count). The number of hydrogen-bond acceptors (Lipinski definition) is 2. The molecule has 0 N–H and O–H groups in total.